The van der Waals surface area contributed by atoms with Crippen molar-refractivity contribution in [2.24, 2.45) is 5.41 Å². The summed E-state index contributed by atoms with van der Waals surface area (Å²) in [6.45, 7) is 5.96. The van der Waals surface area contributed by atoms with Gasteiger partial charge < -0.3 is 0 Å². The Balaban J connectivity index is 1.75. The molecule has 1 aromatic carbocycles. The highest BCUT2D eigenvalue weighted by Gasteiger charge is 2.35. The topological polar surface area (TPSA) is 75.8 Å². The first kappa shape index (κ1) is 22.7. The molecule has 0 atom stereocenters. The second kappa shape index (κ2) is 8.31. The van der Waals surface area contributed by atoms with Crippen LogP contribution >= 0.6 is 34.3 Å². The summed E-state index contributed by atoms with van der Waals surface area (Å²) in [5.41, 5.74) is 3.09. The fourth-order valence-corrected chi connectivity index (χ4v) is 6.32. The van der Waals surface area contributed by atoms with Crippen molar-refractivity contribution in [3.63, 3.8) is 0 Å². The Bertz CT molecular complexity index is 1550. The van der Waals surface area contributed by atoms with Crippen molar-refractivity contribution in [1.82, 2.24) is 9.55 Å². The fourth-order valence-electron chi connectivity index (χ4n) is 4.38. The summed E-state index contributed by atoms with van der Waals surface area (Å²) in [6, 6.07) is 13.0. The summed E-state index contributed by atoms with van der Waals surface area (Å²) in [5.74, 6) is 0.00233. The van der Waals surface area contributed by atoms with Gasteiger partial charge in [-0.1, -0.05) is 37.6 Å². The minimum Gasteiger partial charge on any atom is -0.294 e. The number of aryl methyl sites for hydroxylation is 1. The molecular formula is C26H20ClN3O2S2. The maximum atomic E-state index is 13.9. The molecule has 5 rings (SSSR count). The standard InChI is InChI=1S/C26H20ClN3O2S2/c1-14-8-16(12-28)25(34-14)30-21-10-26(2,3)11-22(31)18(21)9-19(24(30)32)23-29-20(13-33-23)15-4-6-17(27)7-5-15/h4-9,13H,10-11H2,1-3H3. The number of nitriles is 1. The van der Waals surface area contributed by atoms with Crippen molar-refractivity contribution in [2.75, 3.05) is 0 Å². The van der Waals surface area contributed by atoms with Crippen molar-refractivity contribution in [2.45, 2.75) is 33.6 Å². The second-order valence-corrected chi connectivity index (χ2v) is 11.8. The number of ketones is 1. The van der Waals surface area contributed by atoms with Gasteiger partial charge in [-0.3, -0.25) is 14.2 Å². The lowest BCUT2D eigenvalue weighted by Crippen LogP contribution is -2.34. The first-order valence-corrected chi connectivity index (χ1v) is 12.8. The first-order valence-electron chi connectivity index (χ1n) is 10.7. The highest BCUT2D eigenvalue weighted by atomic mass is 35.5. The maximum absolute atomic E-state index is 13.9. The molecule has 0 saturated heterocycles. The summed E-state index contributed by atoms with van der Waals surface area (Å²) in [6.07, 6.45) is 0.972. The predicted molar refractivity (Wildman–Crippen MR) is 137 cm³/mol. The van der Waals surface area contributed by atoms with Crippen LogP contribution in [0.4, 0.5) is 0 Å². The van der Waals surface area contributed by atoms with Gasteiger partial charge in [0.2, 0.25) is 0 Å². The van der Waals surface area contributed by atoms with Gasteiger partial charge >= 0.3 is 0 Å². The van der Waals surface area contributed by atoms with Gasteiger partial charge in [-0.2, -0.15) is 5.26 Å². The van der Waals surface area contributed by atoms with Crippen molar-refractivity contribution < 1.29 is 4.79 Å². The molecule has 0 amide bonds. The SMILES string of the molecule is Cc1cc(C#N)c(-n2c3c(cc(-c4nc(-c5ccc(Cl)cc5)cs4)c2=O)C(=O)CC(C)(C)C3)s1. The van der Waals surface area contributed by atoms with Crippen LogP contribution in [0.25, 0.3) is 26.8 Å². The number of thiazole rings is 1. The number of thiophene rings is 1. The van der Waals surface area contributed by atoms with Crippen LogP contribution < -0.4 is 5.56 Å². The van der Waals surface area contributed by atoms with E-state index in [4.69, 9.17) is 16.6 Å². The van der Waals surface area contributed by atoms with Gasteiger partial charge in [-0.25, -0.2) is 4.98 Å². The second-order valence-electron chi connectivity index (χ2n) is 9.23. The van der Waals surface area contributed by atoms with Crippen LogP contribution in [0.5, 0.6) is 0 Å². The molecule has 170 valence electrons. The molecule has 0 unspecified atom stereocenters. The Morgan fingerprint density at radius 2 is 1.85 bits per heavy atom. The van der Waals surface area contributed by atoms with Crippen molar-refractivity contribution >= 4 is 40.1 Å². The highest BCUT2D eigenvalue weighted by Crippen LogP contribution is 2.38. The summed E-state index contributed by atoms with van der Waals surface area (Å²) in [4.78, 5) is 32.8. The molecule has 0 aliphatic heterocycles. The number of carbonyl (C=O) groups excluding carboxylic acids is 1. The number of pyridine rings is 1. The number of halogens is 1. The average molecular weight is 506 g/mol. The number of hydrogen-bond donors (Lipinski definition) is 0. The van der Waals surface area contributed by atoms with E-state index in [1.807, 2.05) is 38.3 Å². The van der Waals surface area contributed by atoms with Crippen LogP contribution in [0.1, 0.15) is 46.8 Å². The lowest BCUT2D eigenvalue weighted by atomic mass is 9.75. The lowest BCUT2D eigenvalue weighted by molar-refractivity contribution is 0.0909. The van der Waals surface area contributed by atoms with E-state index in [0.717, 1.165) is 16.1 Å². The molecule has 0 spiro atoms. The number of fused-ring (bicyclic) bond motifs is 1. The largest absolute Gasteiger partial charge is 0.294 e. The molecule has 4 aromatic rings. The smallest absolute Gasteiger partial charge is 0.266 e. The van der Waals surface area contributed by atoms with Gasteiger partial charge in [0.15, 0.2) is 5.78 Å². The summed E-state index contributed by atoms with van der Waals surface area (Å²) in [7, 11) is 0. The molecule has 0 bridgehead atoms. The van der Waals surface area contributed by atoms with E-state index in [-0.39, 0.29) is 16.8 Å². The van der Waals surface area contributed by atoms with Crippen molar-refractivity contribution in [1.29, 1.82) is 5.26 Å². The van der Waals surface area contributed by atoms with Crippen LogP contribution in [0.3, 0.4) is 0 Å². The minimum atomic E-state index is -0.276. The molecule has 8 heteroatoms. The molecular weight excluding hydrogens is 486 g/mol. The number of Topliss-reactive ketones (excluding diaryl/α,β-unsaturated/α-hetero) is 1. The van der Waals surface area contributed by atoms with Crippen molar-refractivity contribution in [3.05, 3.63) is 78.9 Å². The molecule has 34 heavy (non-hydrogen) atoms. The van der Waals surface area contributed by atoms with Crippen LogP contribution in [-0.2, 0) is 6.42 Å². The number of benzene rings is 1. The fraction of sp³-hybridized carbons (Fsp3) is 0.231. The Morgan fingerprint density at radius 1 is 1.12 bits per heavy atom. The van der Waals surface area contributed by atoms with Gasteiger partial charge in [0.25, 0.3) is 5.56 Å². The van der Waals surface area contributed by atoms with E-state index in [1.54, 1.807) is 28.8 Å². The monoisotopic (exact) mass is 505 g/mol. The molecule has 0 fully saturated rings. The van der Waals surface area contributed by atoms with Gasteiger partial charge in [0.1, 0.15) is 16.1 Å². The van der Waals surface area contributed by atoms with Gasteiger partial charge in [0, 0.05) is 38.5 Å². The van der Waals surface area contributed by atoms with Gasteiger partial charge in [-0.05, 0) is 43.0 Å². The third-order valence-corrected chi connectivity index (χ3v) is 8.09. The first-order chi connectivity index (χ1) is 16.2. The van der Waals surface area contributed by atoms with E-state index < -0.39 is 0 Å². The Hall–Kier alpha value is -3.05. The van der Waals surface area contributed by atoms with E-state index in [2.05, 4.69) is 6.07 Å². The predicted octanol–water partition coefficient (Wildman–Crippen LogP) is 6.68. The van der Waals surface area contributed by atoms with Crippen LogP contribution in [0.15, 0.2) is 46.6 Å². The highest BCUT2D eigenvalue weighted by molar-refractivity contribution is 7.14. The third-order valence-electron chi connectivity index (χ3n) is 5.92. The Kier molecular flexibility index (Phi) is 5.56. The van der Waals surface area contributed by atoms with Crippen LogP contribution in [0, 0.1) is 23.7 Å². The van der Waals surface area contributed by atoms with E-state index in [1.165, 1.54) is 22.7 Å². The normalized spacial score (nSPS) is 14.6. The number of aromatic nitrogens is 2. The number of nitrogens with zero attached hydrogens (tertiary/aromatic N) is 3. The third kappa shape index (κ3) is 3.92. The maximum Gasteiger partial charge on any atom is 0.266 e. The summed E-state index contributed by atoms with van der Waals surface area (Å²) >= 11 is 8.75. The van der Waals surface area contributed by atoms with Gasteiger partial charge in [-0.15, -0.1) is 22.7 Å². The van der Waals surface area contributed by atoms with E-state index >= 15 is 0 Å². The number of rotatable bonds is 3. The molecule has 0 radical (unpaired) electrons. The average Bonchev–Trinajstić information content (AvgIpc) is 3.40. The van der Waals surface area contributed by atoms with E-state index in [9.17, 15) is 14.9 Å². The molecule has 1 aliphatic rings. The molecule has 3 heterocycles. The van der Waals surface area contributed by atoms with E-state index in [0.29, 0.717) is 50.3 Å². The quantitative estimate of drug-likeness (QED) is 0.311. The van der Waals surface area contributed by atoms with Crippen molar-refractivity contribution in [3.8, 4) is 32.9 Å². The Morgan fingerprint density at radius 3 is 2.56 bits per heavy atom. The Labute approximate surface area is 209 Å². The van der Waals surface area contributed by atoms with Gasteiger partial charge in [0.05, 0.1) is 16.8 Å². The summed E-state index contributed by atoms with van der Waals surface area (Å²) in [5, 5.41) is 13.4. The zero-order valence-corrected chi connectivity index (χ0v) is 21.2. The molecule has 5 nitrogen and oxygen atoms in total. The van der Waals surface area contributed by atoms with Crippen LogP contribution in [0.2, 0.25) is 5.02 Å². The zero-order valence-electron chi connectivity index (χ0n) is 18.8. The zero-order chi connectivity index (χ0) is 24.2. The molecule has 0 saturated carbocycles. The summed E-state index contributed by atoms with van der Waals surface area (Å²) < 4.78 is 1.59. The minimum absolute atomic E-state index is 0.00233. The number of carbonyl (C=O) groups is 1. The molecule has 3 aromatic heterocycles. The lowest BCUT2D eigenvalue weighted by Gasteiger charge is -2.32. The van der Waals surface area contributed by atoms with Crippen LogP contribution in [-0.4, -0.2) is 15.3 Å². The number of hydrogen-bond acceptors (Lipinski definition) is 6. The molecule has 1 aliphatic carbocycles. The molecule has 0 N–H and O–H groups in total.